The molecule has 3 aliphatic rings. The third-order valence-corrected chi connectivity index (χ3v) is 6.13. The number of hydrogen-bond donors (Lipinski definition) is 2. The molecule has 0 aromatic heterocycles. The molecule has 0 spiro atoms. The first-order valence-electron chi connectivity index (χ1n) is 8.70. The minimum Gasteiger partial charge on any atom is -0.507 e. The Bertz CT molecular complexity index is 733. The van der Waals surface area contributed by atoms with E-state index in [0.29, 0.717) is 11.1 Å². The highest BCUT2D eigenvalue weighted by Crippen LogP contribution is 2.60. The number of carbonyl (C=O) groups is 2. The van der Waals surface area contributed by atoms with Crippen molar-refractivity contribution in [3.8, 4) is 0 Å². The number of rotatable bonds is 1. The quantitative estimate of drug-likeness (QED) is 0.756. The first kappa shape index (κ1) is 17.0. The highest BCUT2D eigenvalue weighted by Gasteiger charge is 2.57. The molecule has 0 aliphatic heterocycles. The van der Waals surface area contributed by atoms with Gasteiger partial charge in [0.05, 0.1) is 0 Å². The molecule has 1 fully saturated rings. The molecular weight excluding hydrogens is 304 g/mol. The van der Waals surface area contributed by atoms with E-state index in [1.165, 1.54) is 6.08 Å². The van der Waals surface area contributed by atoms with E-state index in [0.717, 1.165) is 19.3 Å². The molecule has 2 atom stereocenters. The van der Waals surface area contributed by atoms with Crippen LogP contribution < -0.4 is 0 Å². The number of Topliss-reactive ketones (excluding diaryl/α,β-unsaturated/α-hetero) is 1. The summed E-state index contributed by atoms with van der Waals surface area (Å²) in [6, 6.07) is 0. The third-order valence-electron chi connectivity index (χ3n) is 6.13. The second kappa shape index (κ2) is 5.08. The van der Waals surface area contributed by atoms with Crippen LogP contribution in [0.3, 0.4) is 0 Å². The maximum absolute atomic E-state index is 12.9. The van der Waals surface area contributed by atoms with Crippen molar-refractivity contribution in [3.05, 3.63) is 34.3 Å². The normalized spacial score (nSPS) is 32.8. The molecule has 0 amide bonds. The van der Waals surface area contributed by atoms with Crippen LogP contribution in [0.25, 0.3) is 0 Å². The Balaban J connectivity index is 2.30. The van der Waals surface area contributed by atoms with Crippen LogP contribution in [0.2, 0.25) is 0 Å². The molecule has 4 nitrogen and oxygen atoms in total. The van der Waals surface area contributed by atoms with Gasteiger partial charge in [0.15, 0.2) is 11.5 Å². The smallest absolute Gasteiger partial charge is 0.227 e. The first-order valence-corrected chi connectivity index (χ1v) is 8.70. The van der Waals surface area contributed by atoms with Crippen molar-refractivity contribution < 1.29 is 19.8 Å². The number of ketones is 2. The van der Waals surface area contributed by atoms with Crippen LogP contribution >= 0.6 is 0 Å². The number of carbonyl (C=O) groups excluding carboxylic acids is 2. The van der Waals surface area contributed by atoms with Crippen LogP contribution in [-0.4, -0.2) is 21.8 Å². The van der Waals surface area contributed by atoms with Crippen LogP contribution in [-0.2, 0) is 9.59 Å². The van der Waals surface area contributed by atoms with Crippen molar-refractivity contribution in [2.24, 2.45) is 22.7 Å². The second-order valence-electron chi connectivity index (χ2n) is 8.62. The van der Waals surface area contributed by atoms with Gasteiger partial charge >= 0.3 is 0 Å². The summed E-state index contributed by atoms with van der Waals surface area (Å²) in [6.07, 6.45) is 4.02. The van der Waals surface area contributed by atoms with Crippen LogP contribution in [0.4, 0.5) is 0 Å². The minimum absolute atomic E-state index is 0.0160. The average molecular weight is 330 g/mol. The first-order chi connectivity index (χ1) is 11.0. The number of fused-ring (bicyclic) bond motifs is 3. The van der Waals surface area contributed by atoms with Crippen LogP contribution in [0.5, 0.6) is 0 Å². The molecule has 3 aliphatic carbocycles. The highest BCUT2D eigenvalue weighted by molar-refractivity contribution is 6.12. The number of aliphatic hydroxyl groups is 2. The number of aliphatic hydroxyl groups excluding tert-OH is 2. The molecule has 0 radical (unpaired) electrons. The Labute approximate surface area is 142 Å². The van der Waals surface area contributed by atoms with Gasteiger partial charge < -0.3 is 10.2 Å². The fraction of sp³-hybridized carbons (Fsp3) is 0.600. The van der Waals surface area contributed by atoms with Crippen LogP contribution in [0.1, 0.15) is 53.9 Å². The van der Waals surface area contributed by atoms with Crippen LogP contribution in [0, 0.1) is 22.7 Å². The van der Waals surface area contributed by atoms with Crippen molar-refractivity contribution in [1.29, 1.82) is 0 Å². The van der Waals surface area contributed by atoms with E-state index in [1.807, 2.05) is 6.92 Å². The largest absolute Gasteiger partial charge is 0.507 e. The molecule has 2 N–H and O–H groups in total. The molecule has 1 saturated carbocycles. The molecule has 130 valence electrons. The summed E-state index contributed by atoms with van der Waals surface area (Å²) in [5, 5.41) is 21.4. The summed E-state index contributed by atoms with van der Waals surface area (Å²) in [6.45, 7) is 9.69. The van der Waals surface area contributed by atoms with E-state index in [4.69, 9.17) is 0 Å². The molecule has 3 rings (SSSR count). The number of allylic oxidation sites excluding steroid dienone is 3. The predicted octanol–water partition coefficient (Wildman–Crippen LogP) is 4.19. The zero-order chi connectivity index (χ0) is 18.0. The zero-order valence-electron chi connectivity index (χ0n) is 15.1. The summed E-state index contributed by atoms with van der Waals surface area (Å²) < 4.78 is 0. The van der Waals surface area contributed by atoms with E-state index in [-0.39, 0.29) is 40.1 Å². The van der Waals surface area contributed by atoms with Gasteiger partial charge in [0.25, 0.3) is 0 Å². The Kier molecular flexibility index (Phi) is 3.60. The van der Waals surface area contributed by atoms with Crippen molar-refractivity contribution >= 4 is 11.6 Å². The second-order valence-corrected chi connectivity index (χ2v) is 8.62. The molecule has 0 saturated heterocycles. The van der Waals surface area contributed by atoms with Gasteiger partial charge in [-0.25, -0.2) is 0 Å². The molecule has 0 heterocycles. The lowest BCUT2D eigenvalue weighted by Gasteiger charge is -2.53. The molecule has 0 unspecified atom stereocenters. The van der Waals surface area contributed by atoms with E-state index in [9.17, 15) is 19.8 Å². The summed E-state index contributed by atoms with van der Waals surface area (Å²) in [5.41, 5.74) is 0.163. The van der Waals surface area contributed by atoms with E-state index >= 15 is 0 Å². The highest BCUT2D eigenvalue weighted by atomic mass is 16.3. The third kappa shape index (κ3) is 2.04. The van der Waals surface area contributed by atoms with Gasteiger partial charge in [0.2, 0.25) is 5.78 Å². The SMILES string of the molecule is CC(C)C1=C(O)C2=CC(=O)[C@@H]3C(C)(C)CCC[C@]3(C)C2=C(O)C1=O. The zero-order valence-corrected chi connectivity index (χ0v) is 15.1. The van der Waals surface area contributed by atoms with Gasteiger partial charge in [-0.3, -0.25) is 9.59 Å². The molecule has 4 heteroatoms. The minimum atomic E-state index is -0.626. The lowest BCUT2D eigenvalue weighted by Crippen LogP contribution is -2.51. The van der Waals surface area contributed by atoms with E-state index in [1.54, 1.807) is 13.8 Å². The van der Waals surface area contributed by atoms with Gasteiger partial charge in [-0.15, -0.1) is 0 Å². The molecule has 0 aromatic rings. The van der Waals surface area contributed by atoms with Gasteiger partial charge in [-0.1, -0.05) is 41.0 Å². The summed E-state index contributed by atoms with van der Waals surface area (Å²) in [7, 11) is 0. The molecule has 0 bridgehead atoms. The summed E-state index contributed by atoms with van der Waals surface area (Å²) in [4.78, 5) is 25.6. The van der Waals surface area contributed by atoms with Gasteiger partial charge in [-0.2, -0.15) is 0 Å². The fourth-order valence-corrected chi connectivity index (χ4v) is 5.25. The van der Waals surface area contributed by atoms with Crippen molar-refractivity contribution in [3.63, 3.8) is 0 Å². The van der Waals surface area contributed by atoms with Gasteiger partial charge in [0, 0.05) is 28.1 Å². The molecule has 24 heavy (non-hydrogen) atoms. The Morgan fingerprint density at radius 1 is 1.08 bits per heavy atom. The topological polar surface area (TPSA) is 74.6 Å². The van der Waals surface area contributed by atoms with Gasteiger partial charge in [0.1, 0.15) is 5.76 Å². The lowest BCUT2D eigenvalue weighted by molar-refractivity contribution is -0.130. The van der Waals surface area contributed by atoms with E-state index in [2.05, 4.69) is 13.8 Å². The fourth-order valence-electron chi connectivity index (χ4n) is 5.25. The lowest BCUT2D eigenvalue weighted by atomic mass is 9.49. The standard InChI is InChI=1S/C20H26O4/c1-10(2)13-15(22)11-9-12(21)18-19(3,4)7-6-8-20(18,5)14(11)17(24)16(13)23/h9-10,18,22,24H,6-8H2,1-5H3/t18-,20-/m1/s1. The van der Waals surface area contributed by atoms with Crippen molar-refractivity contribution in [2.75, 3.05) is 0 Å². The summed E-state index contributed by atoms with van der Waals surface area (Å²) >= 11 is 0. The molecule has 0 aromatic carbocycles. The maximum Gasteiger partial charge on any atom is 0.227 e. The maximum atomic E-state index is 12.9. The van der Waals surface area contributed by atoms with Gasteiger partial charge in [-0.05, 0) is 30.3 Å². The monoisotopic (exact) mass is 330 g/mol. The Hall–Kier alpha value is -1.84. The van der Waals surface area contributed by atoms with Crippen molar-refractivity contribution in [1.82, 2.24) is 0 Å². The van der Waals surface area contributed by atoms with Crippen LogP contribution in [0.15, 0.2) is 34.3 Å². The Morgan fingerprint density at radius 3 is 2.29 bits per heavy atom. The summed E-state index contributed by atoms with van der Waals surface area (Å²) in [5.74, 6) is -1.48. The number of hydrogen-bond acceptors (Lipinski definition) is 4. The molecular formula is C20H26O4. The average Bonchev–Trinajstić information content (AvgIpc) is 2.42. The van der Waals surface area contributed by atoms with Crippen molar-refractivity contribution in [2.45, 2.75) is 53.9 Å². The Morgan fingerprint density at radius 2 is 1.71 bits per heavy atom. The predicted molar refractivity (Wildman–Crippen MR) is 91.5 cm³/mol. The van der Waals surface area contributed by atoms with E-state index < -0.39 is 11.2 Å².